The second-order valence-corrected chi connectivity index (χ2v) is 10.8. The van der Waals surface area contributed by atoms with Crippen LogP contribution < -0.4 is 10.0 Å². The third-order valence-electron chi connectivity index (χ3n) is 6.52. The lowest BCUT2D eigenvalue weighted by Gasteiger charge is -2.33. The summed E-state index contributed by atoms with van der Waals surface area (Å²) in [4.78, 5) is 14.4. The van der Waals surface area contributed by atoms with Crippen molar-refractivity contribution in [3.8, 4) is 0 Å². The number of nitrogens with zero attached hydrogens (tertiary/aromatic N) is 1. The number of sulfonamides is 1. The topological polar surface area (TPSA) is 87.7 Å². The Hall–Kier alpha value is -1.64. The number of ether oxygens (including phenoxy) is 1. The summed E-state index contributed by atoms with van der Waals surface area (Å²) >= 11 is 0. The van der Waals surface area contributed by atoms with Crippen LogP contribution in [0, 0.1) is 0 Å². The zero-order chi connectivity index (χ0) is 21.1. The van der Waals surface area contributed by atoms with Gasteiger partial charge in [-0.1, -0.05) is 30.3 Å². The second-order valence-electron chi connectivity index (χ2n) is 8.99. The van der Waals surface area contributed by atoms with E-state index in [1.54, 1.807) is 4.90 Å². The molecule has 0 radical (unpaired) electrons. The highest BCUT2D eigenvalue weighted by molar-refractivity contribution is 7.88. The second kappa shape index (κ2) is 9.24. The van der Waals surface area contributed by atoms with Crippen LogP contribution in [0.1, 0.15) is 56.4 Å². The van der Waals surface area contributed by atoms with E-state index >= 15 is 0 Å². The largest absolute Gasteiger partial charge is 0.376 e. The normalized spacial score (nSPS) is 29.7. The lowest BCUT2D eigenvalue weighted by Crippen LogP contribution is -2.52. The van der Waals surface area contributed by atoms with E-state index in [2.05, 4.69) is 34.3 Å². The molecule has 2 atom stereocenters. The molecule has 1 heterocycles. The van der Waals surface area contributed by atoms with Gasteiger partial charge in [-0.2, -0.15) is 0 Å². The Balaban J connectivity index is 1.33. The van der Waals surface area contributed by atoms with Crippen LogP contribution >= 0.6 is 0 Å². The summed E-state index contributed by atoms with van der Waals surface area (Å²) in [6.45, 7) is 0.909. The van der Waals surface area contributed by atoms with Gasteiger partial charge in [0, 0.05) is 18.6 Å². The Morgan fingerprint density at radius 2 is 1.77 bits per heavy atom. The van der Waals surface area contributed by atoms with E-state index < -0.39 is 10.0 Å². The molecule has 0 aromatic heterocycles. The van der Waals surface area contributed by atoms with Gasteiger partial charge in [-0.05, 0) is 56.4 Å². The molecule has 2 saturated carbocycles. The fraction of sp³-hybridized carbons (Fsp3) is 0.682. The van der Waals surface area contributed by atoms with Gasteiger partial charge < -0.3 is 15.0 Å². The fourth-order valence-electron chi connectivity index (χ4n) is 4.73. The number of hydrogen-bond acceptors (Lipinski definition) is 4. The number of rotatable bonds is 7. The first-order valence-electron chi connectivity index (χ1n) is 11.1. The minimum atomic E-state index is -3.35. The van der Waals surface area contributed by atoms with Gasteiger partial charge in [0.15, 0.2) is 0 Å². The molecular formula is C22H33N3O4S. The van der Waals surface area contributed by atoms with Crippen LogP contribution in [0.15, 0.2) is 30.3 Å². The molecule has 4 rings (SSSR count). The standard InChI is InChI=1S/C22H33N3O4S/c1-30(27,28)24-20-13-14-25(22(26)23-18-9-10-18)21(20)15-29-19-11-7-17(8-12-19)16-5-3-2-4-6-16/h2-6,17-21,24H,7-15H2,1H3,(H,23,26)/t17?,19?,20-,21-/m1/s1. The number of urea groups is 1. The summed E-state index contributed by atoms with van der Waals surface area (Å²) in [6.07, 6.45) is 8.16. The molecular weight excluding hydrogens is 402 g/mol. The van der Waals surface area contributed by atoms with Gasteiger partial charge in [-0.25, -0.2) is 17.9 Å². The molecule has 2 amide bonds. The predicted molar refractivity (Wildman–Crippen MR) is 116 cm³/mol. The van der Waals surface area contributed by atoms with Gasteiger partial charge in [0.25, 0.3) is 0 Å². The number of amides is 2. The molecule has 1 saturated heterocycles. The molecule has 3 fully saturated rings. The first kappa shape index (κ1) is 21.6. The van der Waals surface area contributed by atoms with Crippen molar-refractivity contribution < 1.29 is 17.9 Å². The lowest BCUT2D eigenvalue weighted by molar-refractivity contribution is -0.000671. The summed E-state index contributed by atoms with van der Waals surface area (Å²) in [5.41, 5.74) is 1.40. The Bertz CT molecular complexity index is 820. The molecule has 0 spiro atoms. The average Bonchev–Trinajstić information content (AvgIpc) is 3.45. The molecule has 2 aliphatic carbocycles. The van der Waals surface area contributed by atoms with Crippen LogP contribution in [0.2, 0.25) is 0 Å². The van der Waals surface area contributed by atoms with E-state index in [9.17, 15) is 13.2 Å². The van der Waals surface area contributed by atoms with Gasteiger partial charge in [0.1, 0.15) is 0 Å². The minimum Gasteiger partial charge on any atom is -0.376 e. The molecule has 1 aromatic carbocycles. The Morgan fingerprint density at radius 3 is 2.40 bits per heavy atom. The van der Waals surface area contributed by atoms with E-state index in [1.165, 1.54) is 11.8 Å². The molecule has 3 aliphatic rings. The highest BCUT2D eigenvalue weighted by Gasteiger charge is 2.40. The maximum Gasteiger partial charge on any atom is 0.318 e. The molecule has 0 unspecified atom stereocenters. The van der Waals surface area contributed by atoms with Crippen molar-refractivity contribution in [2.75, 3.05) is 19.4 Å². The van der Waals surface area contributed by atoms with E-state index in [4.69, 9.17) is 4.74 Å². The van der Waals surface area contributed by atoms with Gasteiger partial charge in [-0.15, -0.1) is 0 Å². The molecule has 30 heavy (non-hydrogen) atoms. The highest BCUT2D eigenvalue weighted by Crippen LogP contribution is 2.34. The maximum atomic E-state index is 12.7. The molecule has 8 heteroatoms. The van der Waals surface area contributed by atoms with Crippen LogP contribution in [0.4, 0.5) is 4.79 Å². The molecule has 166 valence electrons. The van der Waals surface area contributed by atoms with Crippen LogP contribution in [0.5, 0.6) is 0 Å². The Kier molecular flexibility index (Phi) is 6.65. The Morgan fingerprint density at radius 1 is 1.07 bits per heavy atom. The number of benzene rings is 1. The summed E-state index contributed by atoms with van der Waals surface area (Å²) in [5.74, 6) is 0.581. The van der Waals surface area contributed by atoms with Crippen molar-refractivity contribution >= 4 is 16.1 Å². The van der Waals surface area contributed by atoms with E-state index in [0.29, 0.717) is 25.5 Å². The predicted octanol–water partition coefficient (Wildman–Crippen LogP) is 2.59. The van der Waals surface area contributed by atoms with Gasteiger partial charge in [0.2, 0.25) is 10.0 Å². The molecule has 2 N–H and O–H groups in total. The van der Waals surface area contributed by atoms with Crippen molar-refractivity contribution in [1.29, 1.82) is 0 Å². The van der Waals surface area contributed by atoms with Crippen LogP contribution in [-0.4, -0.2) is 63.0 Å². The van der Waals surface area contributed by atoms with Gasteiger partial charge in [0.05, 0.1) is 25.0 Å². The lowest BCUT2D eigenvalue weighted by atomic mass is 9.83. The van der Waals surface area contributed by atoms with Gasteiger partial charge in [-0.3, -0.25) is 0 Å². The number of hydrogen-bond donors (Lipinski definition) is 2. The monoisotopic (exact) mass is 435 g/mol. The van der Waals surface area contributed by atoms with Crippen molar-refractivity contribution in [3.05, 3.63) is 35.9 Å². The molecule has 1 aromatic rings. The zero-order valence-electron chi connectivity index (χ0n) is 17.6. The summed E-state index contributed by atoms with van der Waals surface area (Å²) in [6, 6.07) is 10.2. The number of carbonyl (C=O) groups excluding carboxylic acids is 1. The van der Waals surface area contributed by atoms with E-state index in [-0.39, 0.29) is 30.3 Å². The zero-order valence-corrected chi connectivity index (χ0v) is 18.4. The minimum absolute atomic E-state index is 0.100. The average molecular weight is 436 g/mol. The van der Waals surface area contributed by atoms with Crippen molar-refractivity contribution in [2.24, 2.45) is 0 Å². The van der Waals surface area contributed by atoms with Gasteiger partial charge >= 0.3 is 6.03 Å². The summed E-state index contributed by atoms with van der Waals surface area (Å²) in [5, 5.41) is 3.03. The Labute approximate surface area is 179 Å². The van der Waals surface area contributed by atoms with Crippen molar-refractivity contribution in [2.45, 2.75) is 75.1 Å². The van der Waals surface area contributed by atoms with Crippen LogP contribution in [0.3, 0.4) is 0 Å². The first-order chi connectivity index (χ1) is 14.4. The molecule has 0 bridgehead atoms. The molecule has 1 aliphatic heterocycles. The van der Waals surface area contributed by atoms with E-state index in [0.717, 1.165) is 38.5 Å². The SMILES string of the molecule is CS(=O)(=O)N[C@@H]1CCN(C(=O)NC2CC2)[C@@H]1COC1CCC(c2ccccc2)CC1. The van der Waals surface area contributed by atoms with E-state index in [1.807, 2.05) is 6.07 Å². The number of likely N-dealkylation sites (tertiary alicyclic amines) is 1. The smallest absolute Gasteiger partial charge is 0.318 e. The molecule has 7 nitrogen and oxygen atoms in total. The summed E-state index contributed by atoms with van der Waals surface area (Å²) in [7, 11) is -3.35. The third-order valence-corrected chi connectivity index (χ3v) is 7.26. The van der Waals surface area contributed by atoms with Crippen molar-refractivity contribution in [3.63, 3.8) is 0 Å². The highest BCUT2D eigenvalue weighted by atomic mass is 32.2. The summed E-state index contributed by atoms with van der Waals surface area (Å²) < 4.78 is 32.6. The third kappa shape index (κ3) is 5.74. The maximum absolute atomic E-state index is 12.7. The number of carbonyl (C=O) groups is 1. The first-order valence-corrected chi connectivity index (χ1v) is 13.0. The van der Waals surface area contributed by atoms with Crippen LogP contribution in [0.25, 0.3) is 0 Å². The van der Waals surface area contributed by atoms with Crippen molar-refractivity contribution in [1.82, 2.24) is 14.9 Å². The quantitative estimate of drug-likeness (QED) is 0.689. The van der Waals surface area contributed by atoms with Crippen LogP contribution in [-0.2, 0) is 14.8 Å². The fourth-order valence-corrected chi connectivity index (χ4v) is 5.56. The number of nitrogens with one attached hydrogen (secondary N) is 2.